The molecule has 1 saturated carbocycles. The van der Waals surface area contributed by atoms with Crippen LogP contribution in [0.25, 0.3) is 0 Å². The molecule has 1 N–H and O–H groups in total. The summed E-state index contributed by atoms with van der Waals surface area (Å²) in [6.45, 7) is 3.80. The number of carbonyl (C=O) groups excluding carboxylic acids is 2. The van der Waals surface area contributed by atoms with Gasteiger partial charge in [0.15, 0.2) is 0 Å². The number of carbonyl (C=O) groups is 2. The standard InChI is InChI=1S/C20H29N3O2/c1-16(24)23(15-20(25)21-17-7-3-2-4-8-17)19-11-9-18(10-12-19)22-13-5-6-14-22/h9-12,17H,2-8,13-15H2,1H3,(H,21,25). The van der Waals surface area contributed by atoms with Crippen LogP contribution in [0.15, 0.2) is 24.3 Å². The first-order valence-corrected chi connectivity index (χ1v) is 9.56. The molecule has 0 atom stereocenters. The van der Waals surface area contributed by atoms with Gasteiger partial charge in [0.05, 0.1) is 0 Å². The van der Waals surface area contributed by atoms with Crippen molar-refractivity contribution in [2.75, 3.05) is 29.4 Å². The fraction of sp³-hybridized carbons (Fsp3) is 0.600. The first kappa shape index (κ1) is 17.8. The summed E-state index contributed by atoms with van der Waals surface area (Å²) in [6, 6.07) is 8.27. The van der Waals surface area contributed by atoms with Gasteiger partial charge in [-0.2, -0.15) is 0 Å². The molecule has 0 bridgehead atoms. The molecule has 5 heteroatoms. The lowest BCUT2D eigenvalue weighted by Gasteiger charge is -2.26. The Morgan fingerprint density at radius 1 is 1.04 bits per heavy atom. The highest BCUT2D eigenvalue weighted by atomic mass is 16.2. The van der Waals surface area contributed by atoms with Gasteiger partial charge in [0.1, 0.15) is 6.54 Å². The lowest BCUT2D eigenvalue weighted by molar-refractivity contribution is -0.123. The Morgan fingerprint density at radius 2 is 1.68 bits per heavy atom. The zero-order valence-corrected chi connectivity index (χ0v) is 15.2. The molecule has 25 heavy (non-hydrogen) atoms. The molecular formula is C20H29N3O2. The fourth-order valence-electron chi connectivity index (χ4n) is 3.87. The molecule has 2 amide bonds. The zero-order chi connectivity index (χ0) is 17.6. The summed E-state index contributed by atoms with van der Waals surface area (Å²) in [7, 11) is 0. The van der Waals surface area contributed by atoms with E-state index in [1.807, 2.05) is 12.1 Å². The van der Waals surface area contributed by atoms with E-state index in [2.05, 4.69) is 22.3 Å². The van der Waals surface area contributed by atoms with Crippen LogP contribution in [0.3, 0.4) is 0 Å². The third-order valence-electron chi connectivity index (χ3n) is 5.28. The average molecular weight is 343 g/mol. The Kier molecular flexibility index (Phi) is 5.95. The molecule has 2 aliphatic rings. The van der Waals surface area contributed by atoms with Gasteiger partial charge < -0.3 is 15.1 Å². The van der Waals surface area contributed by atoms with Gasteiger partial charge in [-0.3, -0.25) is 9.59 Å². The lowest BCUT2D eigenvalue weighted by Crippen LogP contribution is -2.44. The van der Waals surface area contributed by atoms with Crippen molar-refractivity contribution in [2.24, 2.45) is 0 Å². The molecule has 0 aromatic heterocycles. The first-order valence-electron chi connectivity index (χ1n) is 9.56. The SMILES string of the molecule is CC(=O)N(CC(=O)NC1CCCCC1)c1ccc(N2CCCC2)cc1. The van der Waals surface area contributed by atoms with E-state index < -0.39 is 0 Å². The summed E-state index contributed by atoms with van der Waals surface area (Å²) in [5, 5.41) is 3.09. The zero-order valence-electron chi connectivity index (χ0n) is 15.2. The number of amides is 2. The molecule has 136 valence electrons. The second kappa shape index (κ2) is 8.37. The van der Waals surface area contributed by atoms with Crippen LogP contribution in [0.5, 0.6) is 0 Å². The van der Waals surface area contributed by atoms with E-state index in [1.54, 1.807) is 4.90 Å². The molecule has 3 rings (SSSR count). The largest absolute Gasteiger partial charge is 0.372 e. The molecule has 2 fully saturated rings. The van der Waals surface area contributed by atoms with Crippen molar-refractivity contribution in [1.82, 2.24) is 5.32 Å². The van der Waals surface area contributed by atoms with Crippen LogP contribution in [-0.2, 0) is 9.59 Å². The van der Waals surface area contributed by atoms with E-state index in [4.69, 9.17) is 0 Å². The van der Waals surface area contributed by atoms with Gasteiger partial charge in [-0.15, -0.1) is 0 Å². The van der Waals surface area contributed by atoms with E-state index >= 15 is 0 Å². The first-order chi connectivity index (χ1) is 12.1. The molecule has 5 nitrogen and oxygen atoms in total. The molecule has 1 saturated heterocycles. The predicted octanol–water partition coefficient (Wildman–Crippen LogP) is 3.09. The summed E-state index contributed by atoms with van der Waals surface area (Å²) >= 11 is 0. The highest BCUT2D eigenvalue weighted by molar-refractivity contribution is 5.97. The van der Waals surface area contributed by atoms with Gasteiger partial charge in [0.25, 0.3) is 0 Å². The molecule has 1 aromatic carbocycles. The van der Waals surface area contributed by atoms with E-state index in [1.165, 1.54) is 44.7 Å². The quantitative estimate of drug-likeness (QED) is 0.894. The van der Waals surface area contributed by atoms with Gasteiger partial charge in [-0.1, -0.05) is 19.3 Å². The maximum atomic E-state index is 12.4. The average Bonchev–Trinajstić information content (AvgIpc) is 3.15. The fourth-order valence-corrected chi connectivity index (χ4v) is 3.87. The number of rotatable bonds is 5. The molecule has 1 aliphatic heterocycles. The molecule has 0 radical (unpaired) electrons. The van der Waals surface area contributed by atoms with Crippen molar-refractivity contribution in [3.8, 4) is 0 Å². The van der Waals surface area contributed by atoms with Gasteiger partial charge in [0, 0.05) is 37.4 Å². The van der Waals surface area contributed by atoms with Crippen molar-refractivity contribution in [3.63, 3.8) is 0 Å². The molecule has 0 spiro atoms. The second-order valence-electron chi connectivity index (χ2n) is 7.22. The summed E-state index contributed by atoms with van der Waals surface area (Å²) < 4.78 is 0. The van der Waals surface area contributed by atoms with Gasteiger partial charge in [-0.05, 0) is 49.9 Å². The van der Waals surface area contributed by atoms with Crippen molar-refractivity contribution in [3.05, 3.63) is 24.3 Å². The van der Waals surface area contributed by atoms with E-state index in [9.17, 15) is 9.59 Å². The second-order valence-corrected chi connectivity index (χ2v) is 7.22. The van der Waals surface area contributed by atoms with Crippen LogP contribution in [0.2, 0.25) is 0 Å². The number of hydrogen-bond donors (Lipinski definition) is 1. The summed E-state index contributed by atoms with van der Waals surface area (Å²) in [5.74, 6) is -0.168. The minimum atomic E-state index is -0.104. The maximum absolute atomic E-state index is 12.4. The van der Waals surface area contributed by atoms with Crippen LogP contribution in [-0.4, -0.2) is 37.5 Å². The smallest absolute Gasteiger partial charge is 0.240 e. The summed E-state index contributed by atoms with van der Waals surface area (Å²) in [6.07, 6.45) is 8.20. The Morgan fingerprint density at radius 3 is 2.28 bits per heavy atom. The van der Waals surface area contributed by atoms with Crippen LogP contribution < -0.4 is 15.1 Å². The number of anilines is 2. The van der Waals surface area contributed by atoms with Crippen molar-refractivity contribution < 1.29 is 9.59 Å². The predicted molar refractivity (Wildman–Crippen MR) is 101 cm³/mol. The van der Waals surface area contributed by atoms with Crippen LogP contribution >= 0.6 is 0 Å². The summed E-state index contributed by atoms with van der Waals surface area (Å²) in [4.78, 5) is 28.3. The molecular weight excluding hydrogens is 314 g/mol. The normalized spacial score (nSPS) is 18.2. The van der Waals surface area contributed by atoms with Crippen molar-refractivity contribution >= 4 is 23.2 Å². The Balaban J connectivity index is 1.61. The van der Waals surface area contributed by atoms with Crippen molar-refractivity contribution in [2.45, 2.75) is 57.9 Å². The van der Waals surface area contributed by atoms with Gasteiger partial charge >= 0.3 is 0 Å². The molecule has 1 aromatic rings. The highest BCUT2D eigenvalue weighted by Crippen LogP contribution is 2.24. The number of nitrogens with one attached hydrogen (secondary N) is 1. The van der Waals surface area contributed by atoms with E-state index in [0.717, 1.165) is 31.6 Å². The molecule has 1 heterocycles. The third kappa shape index (κ3) is 4.74. The Labute approximate surface area is 150 Å². The van der Waals surface area contributed by atoms with Crippen LogP contribution in [0, 0.1) is 0 Å². The van der Waals surface area contributed by atoms with Gasteiger partial charge in [-0.25, -0.2) is 0 Å². The van der Waals surface area contributed by atoms with Crippen LogP contribution in [0.4, 0.5) is 11.4 Å². The maximum Gasteiger partial charge on any atom is 0.240 e. The monoisotopic (exact) mass is 343 g/mol. The van der Waals surface area contributed by atoms with Gasteiger partial charge in [0.2, 0.25) is 11.8 Å². The summed E-state index contributed by atoms with van der Waals surface area (Å²) in [5.41, 5.74) is 1.98. The van der Waals surface area contributed by atoms with Crippen LogP contribution in [0.1, 0.15) is 51.9 Å². The minimum absolute atomic E-state index is 0.0641. The number of benzene rings is 1. The molecule has 0 unspecified atom stereocenters. The van der Waals surface area contributed by atoms with Crippen molar-refractivity contribution in [1.29, 1.82) is 0 Å². The highest BCUT2D eigenvalue weighted by Gasteiger charge is 2.20. The Hall–Kier alpha value is -2.04. The minimum Gasteiger partial charge on any atom is -0.372 e. The van der Waals surface area contributed by atoms with E-state index in [-0.39, 0.29) is 24.4 Å². The topological polar surface area (TPSA) is 52.7 Å². The Bertz CT molecular complexity index is 587. The van der Waals surface area contributed by atoms with E-state index in [0.29, 0.717) is 0 Å². The lowest BCUT2D eigenvalue weighted by atomic mass is 9.95. The number of hydrogen-bond acceptors (Lipinski definition) is 3. The third-order valence-corrected chi connectivity index (χ3v) is 5.28. The number of nitrogens with zero attached hydrogens (tertiary/aromatic N) is 2. The molecule has 1 aliphatic carbocycles.